The number of nitrogens with two attached hydrogens (primary N) is 1. The molecule has 0 heterocycles. The normalized spacial score (nSPS) is 10.4. The van der Waals surface area contributed by atoms with E-state index in [0.29, 0.717) is 12.3 Å². The minimum absolute atomic E-state index is 0.449. The second-order valence-corrected chi connectivity index (χ2v) is 4.76. The van der Waals surface area contributed by atoms with Gasteiger partial charge in [0.15, 0.2) is 11.5 Å². The van der Waals surface area contributed by atoms with E-state index < -0.39 is 0 Å². The summed E-state index contributed by atoms with van der Waals surface area (Å²) in [6.45, 7) is 4.60. The van der Waals surface area contributed by atoms with Crippen LogP contribution in [0.2, 0.25) is 0 Å². The Labute approximate surface area is 120 Å². The van der Waals surface area contributed by atoms with Gasteiger partial charge in [0.1, 0.15) is 5.75 Å². The number of hydrogen-bond donors (Lipinski definition) is 1. The first kappa shape index (κ1) is 14.4. The van der Waals surface area contributed by atoms with E-state index in [4.69, 9.17) is 15.2 Å². The maximum absolute atomic E-state index is 6.00. The fraction of sp³-hybridized carbons (Fsp3) is 0.294. The number of methoxy groups -OCH3 is 1. The highest BCUT2D eigenvalue weighted by molar-refractivity contribution is 5.47. The van der Waals surface area contributed by atoms with Crippen LogP contribution in [0.15, 0.2) is 36.4 Å². The molecule has 0 saturated heterocycles. The summed E-state index contributed by atoms with van der Waals surface area (Å²) in [4.78, 5) is 0. The van der Waals surface area contributed by atoms with Crippen molar-refractivity contribution >= 4 is 0 Å². The summed E-state index contributed by atoms with van der Waals surface area (Å²) >= 11 is 0. The lowest BCUT2D eigenvalue weighted by Crippen LogP contribution is -2.00. The number of benzene rings is 2. The van der Waals surface area contributed by atoms with Crippen LogP contribution >= 0.6 is 0 Å². The van der Waals surface area contributed by atoms with Crippen molar-refractivity contribution < 1.29 is 9.47 Å². The first-order chi connectivity index (χ1) is 9.67. The molecule has 0 fully saturated rings. The van der Waals surface area contributed by atoms with E-state index in [-0.39, 0.29) is 0 Å². The fourth-order valence-corrected chi connectivity index (χ4v) is 2.06. The molecule has 0 aliphatic rings. The van der Waals surface area contributed by atoms with Gasteiger partial charge >= 0.3 is 0 Å². The molecule has 2 rings (SSSR count). The topological polar surface area (TPSA) is 44.5 Å². The molecule has 0 aliphatic heterocycles. The largest absolute Gasteiger partial charge is 0.493 e. The van der Waals surface area contributed by atoms with Crippen molar-refractivity contribution in [1.29, 1.82) is 0 Å². The highest BCUT2D eigenvalue weighted by atomic mass is 16.5. The second-order valence-electron chi connectivity index (χ2n) is 4.76. The quantitative estimate of drug-likeness (QED) is 0.899. The summed E-state index contributed by atoms with van der Waals surface area (Å²) in [7, 11) is 1.65. The summed E-state index contributed by atoms with van der Waals surface area (Å²) in [5, 5.41) is 0. The smallest absolute Gasteiger partial charge is 0.169 e. The molecule has 0 spiro atoms. The van der Waals surface area contributed by atoms with Crippen molar-refractivity contribution in [3.05, 3.63) is 53.1 Å². The minimum atomic E-state index is 0.449. The standard InChI is InChI=1S/C17H21NO2/c1-4-13-6-8-15(17(10-13)19-3)20-16-9-12(2)5-7-14(16)11-18/h5-10H,4,11,18H2,1-3H3. The monoisotopic (exact) mass is 271 g/mol. The van der Waals surface area contributed by atoms with Crippen molar-refractivity contribution in [3.8, 4) is 17.2 Å². The zero-order valence-corrected chi connectivity index (χ0v) is 12.3. The van der Waals surface area contributed by atoms with Crippen LogP contribution in [0.5, 0.6) is 17.2 Å². The van der Waals surface area contributed by atoms with Crippen LogP contribution in [0, 0.1) is 6.92 Å². The maximum atomic E-state index is 6.00. The molecule has 20 heavy (non-hydrogen) atoms. The van der Waals surface area contributed by atoms with Crippen LogP contribution in [-0.2, 0) is 13.0 Å². The van der Waals surface area contributed by atoms with E-state index in [0.717, 1.165) is 29.0 Å². The lowest BCUT2D eigenvalue weighted by Gasteiger charge is -2.14. The van der Waals surface area contributed by atoms with Gasteiger partial charge in [-0.25, -0.2) is 0 Å². The van der Waals surface area contributed by atoms with Gasteiger partial charge in [-0.1, -0.05) is 25.1 Å². The van der Waals surface area contributed by atoms with E-state index in [1.165, 1.54) is 5.56 Å². The Morgan fingerprint density at radius 1 is 1.00 bits per heavy atom. The van der Waals surface area contributed by atoms with E-state index in [1.807, 2.05) is 37.3 Å². The Morgan fingerprint density at radius 3 is 2.45 bits per heavy atom. The summed E-state index contributed by atoms with van der Waals surface area (Å²) in [6, 6.07) is 12.0. The Bertz CT molecular complexity index is 594. The van der Waals surface area contributed by atoms with Gasteiger partial charge in [-0.3, -0.25) is 0 Å². The number of hydrogen-bond acceptors (Lipinski definition) is 3. The van der Waals surface area contributed by atoms with Gasteiger partial charge in [-0.15, -0.1) is 0 Å². The Hall–Kier alpha value is -2.00. The fourth-order valence-electron chi connectivity index (χ4n) is 2.06. The molecule has 106 valence electrons. The SMILES string of the molecule is CCc1ccc(Oc2cc(C)ccc2CN)c(OC)c1. The number of ether oxygens (including phenoxy) is 2. The van der Waals surface area contributed by atoms with Crippen LogP contribution in [0.3, 0.4) is 0 Å². The van der Waals surface area contributed by atoms with Crippen LogP contribution < -0.4 is 15.2 Å². The van der Waals surface area contributed by atoms with Gasteiger partial charge in [-0.05, 0) is 42.7 Å². The molecular weight excluding hydrogens is 250 g/mol. The average Bonchev–Trinajstić information content (AvgIpc) is 2.48. The lowest BCUT2D eigenvalue weighted by atomic mass is 10.1. The molecule has 0 aromatic heterocycles. The van der Waals surface area contributed by atoms with E-state index in [1.54, 1.807) is 7.11 Å². The molecule has 3 nitrogen and oxygen atoms in total. The molecule has 0 saturated carbocycles. The molecule has 0 atom stereocenters. The van der Waals surface area contributed by atoms with Gasteiger partial charge in [0, 0.05) is 12.1 Å². The number of rotatable bonds is 5. The van der Waals surface area contributed by atoms with Gasteiger partial charge in [0.25, 0.3) is 0 Å². The summed E-state index contributed by atoms with van der Waals surface area (Å²) < 4.78 is 11.4. The average molecular weight is 271 g/mol. The summed E-state index contributed by atoms with van der Waals surface area (Å²) in [5.74, 6) is 2.24. The lowest BCUT2D eigenvalue weighted by molar-refractivity contribution is 0.377. The third kappa shape index (κ3) is 3.11. The number of aryl methyl sites for hydroxylation is 2. The van der Waals surface area contributed by atoms with E-state index in [9.17, 15) is 0 Å². The molecule has 0 unspecified atom stereocenters. The second kappa shape index (κ2) is 6.44. The predicted molar refractivity (Wildman–Crippen MR) is 81.5 cm³/mol. The molecule has 2 aromatic rings. The predicted octanol–water partition coefficient (Wildman–Crippen LogP) is 3.82. The Kier molecular flexibility index (Phi) is 4.64. The molecule has 2 N–H and O–H groups in total. The van der Waals surface area contributed by atoms with E-state index in [2.05, 4.69) is 13.0 Å². The third-order valence-electron chi connectivity index (χ3n) is 3.30. The molecule has 0 amide bonds. The highest BCUT2D eigenvalue weighted by Crippen LogP contribution is 2.34. The van der Waals surface area contributed by atoms with Crippen molar-refractivity contribution in [2.75, 3.05) is 7.11 Å². The van der Waals surface area contributed by atoms with Crippen LogP contribution in [0.25, 0.3) is 0 Å². The molecule has 0 radical (unpaired) electrons. The van der Waals surface area contributed by atoms with Crippen molar-refractivity contribution in [1.82, 2.24) is 0 Å². The van der Waals surface area contributed by atoms with E-state index >= 15 is 0 Å². The van der Waals surface area contributed by atoms with Crippen molar-refractivity contribution in [2.45, 2.75) is 26.8 Å². The summed E-state index contributed by atoms with van der Waals surface area (Å²) in [6.07, 6.45) is 0.967. The van der Waals surface area contributed by atoms with Gasteiger partial charge in [0.05, 0.1) is 7.11 Å². The highest BCUT2D eigenvalue weighted by Gasteiger charge is 2.09. The van der Waals surface area contributed by atoms with Crippen LogP contribution in [0.4, 0.5) is 0 Å². The Balaban J connectivity index is 2.36. The third-order valence-corrected chi connectivity index (χ3v) is 3.30. The zero-order valence-electron chi connectivity index (χ0n) is 12.3. The van der Waals surface area contributed by atoms with Gasteiger partial charge < -0.3 is 15.2 Å². The van der Waals surface area contributed by atoms with Gasteiger partial charge in [0.2, 0.25) is 0 Å². The first-order valence-corrected chi connectivity index (χ1v) is 6.82. The molecule has 2 aromatic carbocycles. The van der Waals surface area contributed by atoms with Gasteiger partial charge in [-0.2, -0.15) is 0 Å². The van der Waals surface area contributed by atoms with Crippen molar-refractivity contribution in [2.24, 2.45) is 5.73 Å². The maximum Gasteiger partial charge on any atom is 0.169 e. The molecule has 3 heteroatoms. The molecular formula is C17H21NO2. The summed E-state index contributed by atoms with van der Waals surface area (Å²) in [5.41, 5.74) is 9.10. The molecule has 0 bridgehead atoms. The Morgan fingerprint density at radius 2 is 1.80 bits per heavy atom. The molecule has 0 aliphatic carbocycles. The van der Waals surface area contributed by atoms with Crippen molar-refractivity contribution in [3.63, 3.8) is 0 Å². The first-order valence-electron chi connectivity index (χ1n) is 6.82. The van der Waals surface area contributed by atoms with Crippen LogP contribution in [0.1, 0.15) is 23.6 Å². The zero-order chi connectivity index (χ0) is 14.5. The van der Waals surface area contributed by atoms with Crippen LogP contribution in [-0.4, -0.2) is 7.11 Å². The minimum Gasteiger partial charge on any atom is -0.493 e.